The Morgan fingerprint density at radius 3 is 2.53 bits per heavy atom. The molecule has 1 aromatic heterocycles. The minimum atomic E-state index is -0.149. The molecule has 1 rings (SSSR count). The minimum Gasteiger partial charge on any atom is -0.376 e. The molecule has 6 nitrogen and oxygen atoms in total. The predicted molar refractivity (Wildman–Crippen MR) is 69.0 cm³/mol. The van der Waals surface area contributed by atoms with Crippen molar-refractivity contribution in [3.8, 4) is 0 Å². The summed E-state index contributed by atoms with van der Waals surface area (Å²) >= 11 is 3.38. The molecule has 0 amide bonds. The lowest BCUT2D eigenvalue weighted by atomic mass is 9.97. The van der Waals surface area contributed by atoms with E-state index in [9.17, 15) is 0 Å². The molecule has 0 spiro atoms. The molecule has 1 heterocycles. The zero-order valence-corrected chi connectivity index (χ0v) is 12.2. The van der Waals surface area contributed by atoms with Gasteiger partial charge in [0.05, 0.1) is 17.8 Å². The zero-order valence-electron chi connectivity index (χ0n) is 10.6. The van der Waals surface area contributed by atoms with Gasteiger partial charge in [0.1, 0.15) is 0 Å². The van der Waals surface area contributed by atoms with Crippen molar-refractivity contribution in [2.75, 3.05) is 6.61 Å². The van der Waals surface area contributed by atoms with Crippen molar-refractivity contribution in [2.24, 2.45) is 18.8 Å². The number of aryl methyl sites for hydroxylation is 1. The fourth-order valence-electron chi connectivity index (χ4n) is 1.86. The molecule has 2 atom stereocenters. The van der Waals surface area contributed by atoms with Crippen molar-refractivity contribution in [1.29, 1.82) is 0 Å². The number of nitrogens with zero attached hydrogens (tertiary/aromatic N) is 3. The molecule has 0 aliphatic carbocycles. The second kappa shape index (κ2) is 6.44. The molecule has 0 fully saturated rings. The number of ether oxygens (including phenoxy) is 1. The van der Waals surface area contributed by atoms with Crippen molar-refractivity contribution in [3.63, 3.8) is 0 Å². The maximum absolute atomic E-state index is 5.76. The Kier molecular flexibility index (Phi) is 5.51. The molecule has 0 saturated heterocycles. The summed E-state index contributed by atoms with van der Waals surface area (Å²) in [5, 5.41) is 7.92. The van der Waals surface area contributed by atoms with E-state index < -0.39 is 0 Å². The summed E-state index contributed by atoms with van der Waals surface area (Å²) in [5.41, 5.74) is 3.69. The fourth-order valence-corrected chi connectivity index (χ4v) is 2.44. The summed E-state index contributed by atoms with van der Waals surface area (Å²) in [6.45, 7) is 6.81. The van der Waals surface area contributed by atoms with Gasteiger partial charge < -0.3 is 4.74 Å². The van der Waals surface area contributed by atoms with E-state index in [2.05, 4.69) is 45.5 Å². The van der Waals surface area contributed by atoms with Crippen LogP contribution in [0.2, 0.25) is 0 Å². The van der Waals surface area contributed by atoms with Gasteiger partial charge in [0.25, 0.3) is 0 Å². The molecule has 7 heteroatoms. The first-order valence-corrected chi connectivity index (χ1v) is 6.45. The van der Waals surface area contributed by atoms with E-state index in [0.29, 0.717) is 17.1 Å². The summed E-state index contributed by atoms with van der Waals surface area (Å²) in [7, 11) is 1.83. The molecule has 0 aliphatic heterocycles. The molecule has 17 heavy (non-hydrogen) atoms. The highest BCUT2D eigenvalue weighted by atomic mass is 79.9. The lowest BCUT2D eigenvalue weighted by molar-refractivity contribution is 0.000720. The van der Waals surface area contributed by atoms with Crippen LogP contribution in [0.25, 0.3) is 0 Å². The van der Waals surface area contributed by atoms with Gasteiger partial charge in [0, 0.05) is 13.7 Å². The van der Waals surface area contributed by atoms with Crippen LogP contribution in [0.5, 0.6) is 0 Å². The molecule has 2 unspecified atom stereocenters. The summed E-state index contributed by atoms with van der Waals surface area (Å²) in [4.78, 5) is 0. The van der Waals surface area contributed by atoms with Crippen molar-refractivity contribution in [2.45, 2.75) is 32.9 Å². The maximum atomic E-state index is 5.76. The summed E-state index contributed by atoms with van der Waals surface area (Å²) in [6, 6.07) is -0.149. The Hall–Kier alpha value is -0.500. The number of hydrogen-bond donors (Lipinski definition) is 2. The van der Waals surface area contributed by atoms with Crippen molar-refractivity contribution in [3.05, 3.63) is 10.3 Å². The molecule has 0 aliphatic rings. The first-order chi connectivity index (χ1) is 8.02. The highest BCUT2D eigenvalue weighted by molar-refractivity contribution is 9.10. The average molecular weight is 306 g/mol. The molecule has 1 aromatic rings. The lowest BCUT2D eigenvalue weighted by Gasteiger charge is -2.29. The second-order valence-electron chi connectivity index (χ2n) is 4.20. The Labute approximate surface area is 110 Å². The molecule has 0 aromatic carbocycles. The third kappa shape index (κ3) is 3.25. The van der Waals surface area contributed by atoms with Gasteiger partial charge in [0.2, 0.25) is 0 Å². The molecule has 3 N–H and O–H groups in total. The smallest absolute Gasteiger partial charge is 0.153 e. The maximum Gasteiger partial charge on any atom is 0.153 e. The topological polar surface area (TPSA) is 78.0 Å². The van der Waals surface area contributed by atoms with Crippen LogP contribution in [0.1, 0.15) is 32.5 Å². The molecule has 0 saturated carbocycles. The number of nitrogens with one attached hydrogen (secondary N) is 1. The van der Waals surface area contributed by atoms with Gasteiger partial charge in [0.15, 0.2) is 4.60 Å². The summed E-state index contributed by atoms with van der Waals surface area (Å²) in [5.74, 6) is 5.98. The molecule has 0 radical (unpaired) electrons. The summed E-state index contributed by atoms with van der Waals surface area (Å²) in [6.07, 6.45) is -0.0292. The number of hydrazine groups is 1. The first kappa shape index (κ1) is 14.6. The van der Waals surface area contributed by atoms with Crippen LogP contribution >= 0.6 is 15.9 Å². The van der Waals surface area contributed by atoms with Gasteiger partial charge in [-0.1, -0.05) is 19.1 Å². The monoisotopic (exact) mass is 305 g/mol. The van der Waals surface area contributed by atoms with E-state index in [1.165, 1.54) is 0 Å². The standard InChI is InChI=1S/C10H20BrN5O/c1-5-17-9(6(2)3)7(13-12)8-10(11)14-15-16(8)4/h6-7,9,13H,5,12H2,1-4H3. The second-order valence-corrected chi connectivity index (χ2v) is 4.95. The normalized spacial score (nSPS) is 15.2. The number of rotatable bonds is 6. The number of hydrogen-bond acceptors (Lipinski definition) is 5. The van der Waals surface area contributed by atoms with Crippen LogP contribution in [-0.2, 0) is 11.8 Å². The van der Waals surface area contributed by atoms with Crippen LogP contribution in [0.4, 0.5) is 0 Å². The van der Waals surface area contributed by atoms with Gasteiger partial charge in [-0.05, 0) is 28.8 Å². The molecule has 98 valence electrons. The summed E-state index contributed by atoms with van der Waals surface area (Å²) < 4.78 is 8.14. The van der Waals surface area contributed by atoms with E-state index in [1.807, 2.05) is 14.0 Å². The van der Waals surface area contributed by atoms with E-state index in [-0.39, 0.29) is 12.1 Å². The molecular weight excluding hydrogens is 286 g/mol. The quantitative estimate of drug-likeness (QED) is 0.609. The lowest BCUT2D eigenvalue weighted by Crippen LogP contribution is -2.42. The number of halogens is 1. The Bertz CT molecular complexity index is 335. The van der Waals surface area contributed by atoms with Gasteiger partial charge >= 0.3 is 0 Å². The number of aromatic nitrogens is 3. The minimum absolute atomic E-state index is 0.0292. The van der Waals surface area contributed by atoms with Crippen LogP contribution in [0, 0.1) is 5.92 Å². The Balaban J connectivity index is 3.04. The largest absolute Gasteiger partial charge is 0.376 e. The van der Waals surface area contributed by atoms with Crippen LogP contribution in [0.15, 0.2) is 4.60 Å². The van der Waals surface area contributed by atoms with Gasteiger partial charge in [-0.2, -0.15) is 0 Å². The molecular formula is C10H20BrN5O. The van der Waals surface area contributed by atoms with E-state index in [4.69, 9.17) is 10.6 Å². The third-order valence-corrected chi connectivity index (χ3v) is 3.21. The highest BCUT2D eigenvalue weighted by Gasteiger charge is 2.30. The SMILES string of the molecule is CCOC(C(C)C)C(NN)c1c(Br)nnn1C. The first-order valence-electron chi connectivity index (χ1n) is 5.65. The average Bonchev–Trinajstić information content (AvgIpc) is 2.60. The van der Waals surface area contributed by atoms with Crippen LogP contribution in [0.3, 0.4) is 0 Å². The fraction of sp³-hybridized carbons (Fsp3) is 0.800. The zero-order chi connectivity index (χ0) is 13.0. The Morgan fingerprint density at radius 1 is 1.53 bits per heavy atom. The van der Waals surface area contributed by atoms with E-state index >= 15 is 0 Å². The van der Waals surface area contributed by atoms with Crippen molar-refractivity contribution in [1.82, 2.24) is 20.4 Å². The van der Waals surface area contributed by atoms with Gasteiger partial charge in [-0.25, -0.2) is 10.1 Å². The van der Waals surface area contributed by atoms with Gasteiger partial charge in [-0.15, -0.1) is 5.10 Å². The number of nitrogens with two attached hydrogens (primary N) is 1. The Morgan fingerprint density at radius 2 is 2.18 bits per heavy atom. The molecule has 0 bridgehead atoms. The van der Waals surface area contributed by atoms with Crippen molar-refractivity contribution < 1.29 is 4.74 Å². The third-order valence-electron chi connectivity index (χ3n) is 2.65. The van der Waals surface area contributed by atoms with Crippen molar-refractivity contribution >= 4 is 15.9 Å². The van der Waals surface area contributed by atoms with E-state index in [0.717, 1.165) is 5.69 Å². The predicted octanol–water partition coefficient (Wildman–Crippen LogP) is 1.14. The van der Waals surface area contributed by atoms with Crippen LogP contribution < -0.4 is 11.3 Å². The highest BCUT2D eigenvalue weighted by Crippen LogP contribution is 2.27. The van der Waals surface area contributed by atoms with Gasteiger partial charge in [-0.3, -0.25) is 5.84 Å². The van der Waals surface area contributed by atoms with Crippen LogP contribution in [-0.4, -0.2) is 27.7 Å². The van der Waals surface area contributed by atoms with E-state index in [1.54, 1.807) is 4.68 Å².